The van der Waals surface area contributed by atoms with Crippen LogP contribution in [0.4, 0.5) is 0 Å². The van der Waals surface area contributed by atoms with Crippen LogP contribution in [0.2, 0.25) is 0 Å². The normalized spacial score (nSPS) is 11.7. The molecule has 0 atom stereocenters. The predicted molar refractivity (Wildman–Crippen MR) is 207 cm³/mol. The van der Waals surface area contributed by atoms with Crippen molar-refractivity contribution in [2.24, 2.45) is 0 Å². The third kappa shape index (κ3) is 4.53. The Kier molecular flexibility index (Phi) is 6.22. The fraction of sp³-hybridized carbons (Fsp3) is 0. The molecule has 0 aliphatic carbocycles. The highest BCUT2D eigenvalue weighted by molar-refractivity contribution is 6.20. The summed E-state index contributed by atoms with van der Waals surface area (Å²) in [6.45, 7) is 0. The highest BCUT2D eigenvalue weighted by Crippen LogP contribution is 2.41. The van der Waals surface area contributed by atoms with E-state index >= 15 is 0 Å². The molecular formula is C47H30N2. The molecule has 0 radical (unpaired) electrons. The van der Waals surface area contributed by atoms with Gasteiger partial charge in [-0.25, -0.2) is 0 Å². The lowest BCUT2D eigenvalue weighted by Crippen LogP contribution is -1.96. The summed E-state index contributed by atoms with van der Waals surface area (Å²) in [5.41, 5.74) is 10.6. The van der Waals surface area contributed by atoms with Crippen LogP contribution in [0.15, 0.2) is 182 Å². The van der Waals surface area contributed by atoms with E-state index in [0.717, 1.165) is 11.3 Å². The Bertz CT molecular complexity index is 2860. The van der Waals surface area contributed by atoms with Crippen molar-refractivity contribution in [3.63, 3.8) is 0 Å². The summed E-state index contributed by atoms with van der Waals surface area (Å²) in [5.74, 6) is 0. The number of hydrogen-bond acceptors (Lipinski definition) is 1. The lowest BCUT2D eigenvalue weighted by Gasteiger charge is -2.14. The van der Waals surface area contributed by atoms with Gasteiger partial charge in [-0.1, -0.05) is 140 Å². The molecule has 8 aromatic carbocycles. The van der Waals surface area contributed by atoms with Gasteiger partial charge in [0.15, 0.2) is 0 Å². The van der Waals surface area contributed by atoms with Crippen LogP contribution in [0.5, 0.6) is 0 Å². The maximum absolute atomic E-state index is 4.62. The van der Waals surface area contributed by atoms with Gasteiger partial charge in [0.05, 0.1) is 22.4 Å². The Hall–Kier alpha value is -6.51. The molecule has 0 fully saturated rings. The van der Waals surface area contributed by atoms with Gasteiger partial charge < -0.3 is 4.57 Å². The topological polar surface area (TPSA) is 17.8 Å². The molecule has 0 aliphatic rings. The molecule has 0 saturated carbocycles. The Morgan fingerprint density at radius 2 is 0.959 bits per heavy atom. The minimum atomic E-state index is 0.982. The number of hydrogen-bond donors (Lipinski definition) is 0. The molecule has 0 spiro atoms. The molecule has 49 heavy (non-hydrogen) atoms. The van der Waals surface area contributed by atoms with E-state index in [1.165, 1.54) is 82.1 Å². The predicted octanol–water partition coefficient (Wildman–Crippen LogP) is 12.6. The van der Waals surface area contributed by atoms with E-state index in [-0.39, 0.29) is 0 Å². The minimum absolute atomic E-state index is 0.982. The number of aromatic nitrogens is 2. The first-order valence-electron chi connectivity index (χ1n) is 16.8. The lowest BCUT2D eigenvalue weighted by atomic mass is 9.97. The van der Waals surface area contributed by atoms with Crippen LogP contribution in [-0.2, 0) is 0 Å². The molecule has 0 N–H and O–H groups in total. The Morgan fingerprint density at radius 1 is 0.347 bits per heavy atom. The summed E-state index contributed by atoms with van der Waals surface area (Å²) in [6.07, 6.45) is 1.86. The largest absolute Gasteiger partial charge is 0.308 e. The smallest absolute Gasteiger partial charge is 0.0702 e. The fourth-order valence-corrected chi connectivity index (χ4v) is 7.59. The van der Waals surface area contributed by atoms with Gasteiger partial charge >= 0.3 is 0 Å². The lowest BCUT2D eigenvalue weighted by molar-refractivity contribution is 1.20. The third-order valence-electron chi connectivity index (χ3n) is 10.0. The van der Waals surface area contributed by atoms with Crippen molar-refractivity contribution in [2.45, 2.75) is 0 Å². The zero-order valence-electron chi connectivity index (χ0n) is 26.7. The van der Waals surface area contributed by atoms with Gasteiger partial charge in [0.1, 0.15) is 0 Å². The van der Waals surface area contributed by atoms with E-state index in [0.29, 0.717) is 0 Å². The standard InChI is InChI=1S/C47H30N2/c1-2-10-35-28-36(20-19-31(35)8-1)32-15-17-33(18-16-32)37-21-25-42-43-26-22-38-29-39(44-13-5-6-27-48-44)23-24-41(38)47(43)49(46(42)30-37)45-14-7-11-34-9-3-4-12-40(34)45/h1-30H. The summed E-state index contributed by atoms with van der Waals surface area (Å²) < 4.78 is 2.49. The minimum Gasteiger partial charge on any atom is -0.308 e. The summed E-state index contributed by atoms with van der Waals surface area (Å²) in [4.78, 5) is 4.62. The van der Waals surface area contributed by atoms with Crippen LogP contribution >= 0.6 is 0 Å². The third-order valence-corrected chi connectivity index (χ3v) is 10.0. The zero-order chi connectivity index (χ0) is 32.3. The second-order valence-corrected chi connectivity index (χ2v) is 12.8. The molecule has 0 unspecified atom stereocenters. The number of rotatable bonds is 4. The van der Waals surface area contributed by atoms with E-state index < -0.39 is 0 Å². The quantitative estimate of drug-likeness (QED) is 0.191. The second-order valence-electron chi connectivity index (χ2n) is 12.8. The average molecular weight is 623 g/mol. The van der Waals surface area contributed by atoms with Gasteiger partial charge in [-0.3, -0.25) is 4.98 Å². The van der Waals surface area contributed by atoms with Crippen LogP contribution in [0.25, 0.3) is 93.3 Å². The zero-order valence-corrected chi connectivity index (χ0v) is 26.7. The number of nitrogens with zero attached hydrogens (tertiary/aromatic N) is 2. The molecule has 228 valence electrons. The summed E-state index contributed by atoms with van der Waals surface area (Å²) in [6, 6.07) is 63.9. The molecule has 0 aliphatic heterocycles. The van der Waals surface area contributed by atoms with Crippen LogP contribution < -0.4 is 0 Å². The van der Waals surface area contributed by atoms with Crippen molar-refractivity contribution >= 4 is 54.1 Å². The van der Waals surface area contributed by atoms with E-state index in [1.807, 2.05) is 18.3 Å². The molecule has 0 amide bonds. The molecule has 10 aromatic rings. The van der Waals surface area contributed by atoms with Gasteiger partial charge in [-0.05, 0) is 80.2 Å². The van der Waals surface area contributed by atoms with Gasteiger partial charge in [-0.2, -0.15) is 0 Å². The molecular weight excluding hydrogens is 593 g/mol. The molecule has 2 nitrogen and oxygen atoms in total. The first-order valence-corrected chi connectivity index (χ1v) is 16.8. The number of pyridine rings is 1. The van der Waals surface area contributed by atoms with Gasteiger partial charge in [-0.15, -0.1) is 0 Å². The first kappa shape index (κ1) is 27.6. The highest BCUT2D eigenvalue weighted by Gasteiger charge is 2.18. The second kappa shape index (κ2) is 11.0. The molecule has 2 heteroatoms. The van der Waals surface area contributed by atoms with Gasteiger partial charge in [0.25, 0.3) is 0 Å². The van der Waals surface area contributed by atoms with Gasteiger partial charge in [0, 0.05) is 33.3 Å². The van der Waals surface area contributed by atoms with Crippen LogP contribution in [-0.4, -0.2) is 9.55 Å². The fourth-order valence-electron chi connectivity index (χ4n) is 7.59. The molecule has 10 rings (SSSR count). The monoisotopic (exact) mass is 622 g/mol. The summed E-state index contributed by atoms with van der Waals surface area (Å²) in [7, 11) is 0. The number of benzene rings is 8. The number of fused-ring (bicyclic) bond motifs is 7. The maximum atomic E-state index is 4.62. The van der Waals surface area contributed by atoms with E-state index in [4.69, 9.17) is 0 Å². The van der Waals surface area contributed by atoms with Crippen molar-refractivity contribution in [3.8, 4) is 39.2 Å². The Morgan fingerprint density at radius 3 is 1.80 bits per heavy atom. The molecule has 0 saturated heterocycles. The van der Waals surface area contributed by atoms with E-state index in [9.17, 15) is 0 Å². The van der Waals surface area contributed by atoms with E-state index in [2.05, 4.69) is 173 Å². The van der Waals surface area contributed by atoms with Crippen molar-refractivity contribution in [3.05, 3.63) is 182 Å². The summed E-state index contributed by atoms with van der Waals surface area (Å²) >= 11 is 0. The Labute approximate surface area is 284 Å². The Balaban J connectivity index is 1.18. The van der Waals surface area contributed by atoms with Crippen molar-refractivity contribution in [1.82, 2.24) is 9.55 Å². The van der Waals surface area contributed by atoms with Crippen LogP contribution in [0.3, 0.4) is 0 Å². The van der Waals surface area contributed by atoms with Crippen molar-refractivity contribution < 1.29 is 0 Å². The van der Waals surface area contributed by atoms with E-state index in [1.54, 1.807) is 0 Å². The van der Waals surface area contributed by atoms with Crippen LogP contribution in [0, 0.1) is 0 Å². The van der Waals surface area contributed by atoms with Crippen LogP contribution in [0.1, 0.15) is 0 Å². The SMILES string of the molecule is c1ccc(-c2ccc3c(ccc4c5ccc(-c6ccc(-c7ccc8ccccc8c7)cc6)cc5n(-c5cccc6ccccc56)c34)c2)nc1. The summed E-state index contributed by atoms with van der Waals surface area (Å²) in [5, 5.41) is 9.90. The van der Waals surface area contributed by atoms with Crippen molar-refractivity contribution in [1.29, 1.82) is 0 Å². The van der Waals surface area contributed by atoms with Crippen molar-refractivity contribution in [2.75, 3.05) is 0 Å². The first-order chi connectivity index (χ1) is 24.3. The van der Waals surface area contributed by atoms with Gasteiger partial charge in [0.2, 0.25) is 0 Å². The molecule has 2 heterocycles. The average Bonchev–Trinajstić information content (AvgIpc) is 3.51. The molecule has 2 aromatic heterocycles. The highest BCUT2D eigenvalue weighted by atomic mass is 15.0. The molecule has 0 bridgehead atoms. The maximum Gasteiger partial charge on any atom is 0.0702 e.